The Labute approximate surface area is 138 Å². The summed E-state index contributed by atoms with van der Waals surface area (Å²) in [7, 11) is 0. The van der Waals surface area contributed by atoms with Crippen molar-refractivity contribution in [3.8, 4) is 5.88 Å². The number of benzene rings is 1. The third-order valence-corrected chi connectivity index (χ3v) is 3.14. The number of nitrogens with one attached hydrogen (secondary N) is 2. The highest BCUT2D eigenvalue weighted by Crippen LogP contribution is 2.10. The van der Waals surface area contributed by atoms with E-state index in [2.05, 4.69) is 15.8 Å². The molecule has 0 atom stereocenters. The number of halogens is 1. The van der Waals surface area contributed by atoms with E-state index in [-0.39, 0.29) is 12.3 Å². The first-order valence-electron chi connectivity index (χ1n) is 7.01. The highest BCUT2D eigenvalue weighted by atomic mass is 35.5. The molecule has 0 saturated carbocycles. The maximum Gasteiger partial charge on any atom is 0.271 e. The number of carbonyl (C=O) groups is 2. The molecule has 0 bridgehead atoms. The van der Waals surface area contributed by atoms with Crippen LogP contribution < -0.4 is 15.6 Å². The first-order valence-corrected chi connectivity index (χ1v) is 7.38. The quantitative estimate of drug-likeness (QED) is 0.821. The van der Waals surface area contributed by atoms with Crippen LogP contribution in [-0.4, -0.2) is 23.4 Å². The van der Waals surface area contributed by atoms with Gasteiger partial charge in [0.25, 0.3) is 5.91 Å². The largest absolute Gasteiger partial charge is 0.478 e. The number of ether oxygens (including phenoxy) is 1. The third kappa shape index (κ3) is 5.27. The second kappa shape index (κ2) is 8.14. The predicted octanol–water partition coefficient (Wildman–Crippen LogP) is 2.14. The standard InChI is InChI=1S/C16H16ClN3O3/c1-2-23-15-8-5-12(10-18-15)16(22)20-19-14(21)9-11-3-6-13(17)7-4-11/h3-8,10H,2,9H2,1H3,(H,19,21)(H,20,22). The number of carbonyl (C=O) groups excluding carboxylic acids is 2. The molecule has 1 aromatic heterocycles. The molecule has 1 heterocycles. The molecule has 7 heteroatoms. The van der Waals surface area contributed by atoms with Gasteiger partial charge in [-0.25, -0.2) is 4.98 Å². The van der Waals surface area contributed by atoms with Crippen molar-refractivity contribution in [2.24, 2.45) is 0 Å². The van der Waals surface area contributed by atoms with Crippen LogP contribution in [0.15, 0.2) is 42.6 Å². The lowest BCUT2D eigenvalue weighted by Crippen LogP contribution is -2.42. The molecule has 2 rings (SSSR count). The Kier molecular flexibility index (Phi) is 5.94. The van der Waals surface area contributed by atoms with E-state index < -0.39 is 5.91 Å². The summed E-state index contributed by atoms with van der Waals surface area (Å²) in [5.74, 6) is -0.347. The Bertz CT molecular complexity index is 672. The van der Waals surface area contributed by atoms with Crippen molar-refractivity contribution in [2.75, 3.05) is 6.61 Å². The van der Waals surface area contributed by atoms with E-state index in [9.17, 15) is 9.59 Å². The van der Waals surface area contributed by atoms with Crippen molar-refractivity contribution < 1.29 is 14.3 Å². The van der Waals surface area contributed by atoms with Crippen molar-refractivity contribution in [1.29, 1.82) is 0 Å². The van der Waals surface area contributed by atoms with E-state index in [1.165, 1.54) is 6.20 Å². The molecular weight excluding hydrogens is 318 g/mol. The molecule has 6 nitrogen and oxygen atoms in total. The minimum absolute atomic E-state index is 0.138. The number of hydrogen-bond acceptors (Lipinski definition) is 4. The molecule has 1 aromatic carbocycles. The van der Waals surface area contributed by atoms with E-state index >= 15 is 0 Å². The molecule has 120 valence electrons. The normalized spacial score (nSPS) is 10.0. The smallest absolute Gasteiger partial charge is 0.271 e. The fourth-order valence-electron chi connectivity index (χ4n) is 1.78. The van der Waals surface area contributed by atoms with E-state index in [0.717, 1.165) is 5.56 Å². The van der Waals surface area contributed by atoms with Crippen molar-refractivity contribution in [3.05, 3.63) is 58.7 Å². The van der Waals surface area contributed by atoms with Crippen LogP contribution in [0.5, 0.6) is 5.88 Å². The van der Waals surface area contributed by atoms with E-state index in [0.29, 0.717) is 23.1 Å². The van der Waals surface area contributed by atoms with Gasteiger partial charge in [0.15, 0.2) is 0 Å². The number of rotatable bonds is 5. The molecule has 0 aliphatic carbocycles. The molecule has 0 unspecified atom stereocenters. The van der Waals surface area contributed by atoms with Crippen LogP contribution in [0.25, 0.3) is 0 Å². The van der Waals surface area contributed by atoms with Crippen molar-refractivity contribution in [2.45, 2.75) is 13.3 Å². The Morgan fingerprint density at radius 2 is 1.87 bits per heavy atom. The number of hydrogen-bond donors (Lipinski definition) is 2. The van der Waals surface area contributed by atoms with Crippen molar-refractivity contribution >= 4 is 23.4 Å². The minimum atomic E-state index is -0.454. The van der Waals surface area contributed by atoms with Crippen LogP contribution in [0.1, 0.15) is 22.8 Å². The van der Waals surface area contributed by atoms with Crippen molar-refractivity contribution in [1.82, 2.24) is 15.8 Å². The summed E-state index contributed by atoms with van der Waals surface area (Å²) in [4.78, 5) is 27.7. The van der Waals surface area contributed by atoms with E-state index in [4.69, 9.17) is 16.3 Å². The zero-order valence-electron chi connectivity index (χ0n) is 12.5. The van der Waals surface area contributed by atoms with Gasteiger partial charge in [0.05, 0.1) is 18.6 Å². The van der Waals surface area contributed by atoms with Crippen LogP contribution in [-0.2, 0) is 11.2 Å². The Morgan fingerprint density at radius 1 is 1.13 bits per heavy atom. The summed E-state index contributed by atoms with van der Waals surface area (Å²) in [5.41, 5.74) is 5.80. The Morgan fingerprint density at radius 3 is 2.48 bits per heavy atom. The molecular formula is C16H16ClN3O3. The summed E-state index contributed by atoms with van der Waals surface area (Å²) in [6, 6.07) is 10.1. The zero-order valence-corrected chi connectivity index (χ0v) is 13.3. The van der Waals surface area contributed by atoms with Gasteiger partial charge in [0.2, 0.25) is 11.8 Å². The molecule has 0 aliphatic rings. The van der Waals surface area contributed by atoms with Gasteiger partial charge in [-0.2, -0.15) is 0 Å². The van der Waals surface area contributed by atoms with Gasteiger partial charge in [-0.05, 0) is 30.7 Å². The molecule has 0 spiro atoms. The van der Waals surface area contributed by atoms with Crippen LogP contribution >= 0.6 is 11.6 Å². The summed E-state index contributed by atoms with van der Waals surface area (Å²) in [6.07, 6.45) is 1.52. The lowest BCUT2D eigenvalue weighted by atomic mass is 10.1. The first-order chi connectivity index (χ1) is 11.1. The first kappa shape index (κ1) is 16.8. The summed E-state index contributed by atoms with van der Waals surface area (Å²) < 4.78 is 5.19. The number of nitrogens with zero attached hydrogens (tertiary/aromatic N) is 1. The second-order valence-electron chi connectivity index (χ2n) is 4.62. The van der Waals surface area contributed by atoms with Gasteiger partial charge in [-0.3, -0.25) is 20.4 Å². The molecule has 0 fully saturated rings. The summed E-state index contributed by atoms with van der Waals surface area (Å²) >= 11 is 5.78. The third-order valence-electron chi connectivity index (χ3n) is 2.88. The monoisotopic (exact) mass is 333 g/mol. The SMILES string of the molecule is CCOc1ccc(C(=O)NNC(=O)Cc2ccc(Cl)cc2)cn1. The maximum atomic E-state index is 11.9. The maximum absolute atomic E-state index is 11.9. The fraction of sp³-hybridized carbons (Fsp3) is 0.188. The molecule has 2 amide bonds. The molecule has 0 aliphatic heterocycles. The van der Waals surface area contributed by atoms with Gasteiger partial charge in [-0.1, -0.05) is 23.7 Å². The fourth-order valence-corrected chi connectivity index (χ4v) is 1.90. The number of amides is 2. The molecule has 23 heavy (non-hydrogen) atoms. The molecule has 0 radical (unpaired) electrons. The Balaban J connectivity index is 1.83. The topological polar surface area (TPSA) is 80.3 Å². The van der Waals surface area contributed by atoms with Crippen LogP contribution in [0.4, 0.5) is 0 Å². The second-order valence-corrected chi connectivity index (χ2v) is 5.06. The molecule has 2 N–H and O–H groups in total. The summed E-state index contributed by atoms with van der Waals surface area (Å²) in [6.45, 7) is 2.35. The predicted molar refractivity (Wildman–Crippen MR) is 86.2 cm³/mol. The highest BCUT2D eigenvalue weighted by molar-refractivity contribution is 6.30. The van der Waals surface area contributed by atoms with Crippen LogP contribution in [0.3, 0.4) is 0 Å². The van der Waals surface area contributed by atoms with E-state index in [1.54, 1.807) is 36.4 Å². The van der Waals surface area contributed by atoms with Gasteiger partial charge in [0.1, 0.15) is 0 Å². The van der Waals surface area contributed by atoms with Crippen LogP contribution in [0, 0.1) is 0 Å². The van der Waals surface area contributed by atoms with Gasteiger partial charge < -0.3 is 4.74 Å². The van der Waals surface area contributed by atoms with Gasteiger partial charge in [0, 0.05) is 17.3 Å². The lowest BCUT2D eigenvalue weighted by Gasteiger charge is -2.08. The van der Waals surface area contributed by atoms with E-state index in [1.807, 2.05) is 6.92 Å². The van der Waals surface area contributed by atoms with Gasteiger partial charge in [-0.15, -0.1) is 0 Å². The highest BCUT2D eigenvalue weighted by Gasteiger charge is 2.09. The number of aromatic nitrogens is 1. The minimum Gasteiger partial charge on any atom is -0.478 e. The van der Waals surface area contributed by atoms with Gasteiger partial charge >= 0.3 is 0 Å². The van der Waals surface area contributed by atoms with Crippen LogP contribution in [0.2, 0.25) is 5.02 Å². The molecule has 0 saturated heterocycles. The zero-order chi connectivity index (χ0) is 16.7. The van der Waals surface area contributed by atoms with Crippen molar-refractivity contribution in [3.63, 3.8) is 0 Å². The average Bonchev–Trinajstić information content (AvgIpc) is 2.56. The lowest BCUT2D eigenvalue weighted by molar-refractivity contribution is -0.121. The molecule has 2 aromatic rings. The number of pyridine rings is 1. The number of hydrazine groups is 1. The summed E-state index contributed by atoms with van der Waals surface area (Å²) in [5, 5.41) is 0.602. The average molecular weight is 334 g/mol. The Hall–Kier alpha value is -2.60.